The molecule has 72 valence electrons. The molecule has 0 atom stereocenters. The summed E-state index contributed by atoms with van der Waals surface area (Å²) in [6, 6.07) is 9.42. The molecule has 0 saturated carbocycles. The first-order valence-electron chi connectivity index (χ1n) is 4.11. The molecule has 1 aromatic rings. The highest BCUT2D eigenvalue weighted by Crippen LogP contribution is 2.15. The molecule has 0 aliphatic carbocycles. The number of nitriles is 1. The van der Waals surface area contributed by atoms with Crippen molar-refractivity contribution < 1.29 is 4.79 Å². The minimum Gasteiger partial charge on any atom is -0.351 e. The van der Waals surface area contributed by atoms with E-state index in [9.17, 15) is 4.79 Å². The third kappa shape index (κ3) is 3.19. The Bertz CT molecular complexity index is 371. The van der Waals surface area contributed by atoms with E-state index in [1.54, 1.807) is 6.07 Å². The van der Waals surface area contributed by atoms with E-state index >= 15 is 0 Å². The Kier molecular flexibility index (Phi) is 4.14. The van der Waals surface area contributed by atoms with Crippen LogP contribution in [0.5, 0.6) is 0 Å². The highest BCUT2D eigenvalue weighted by atomic mass is 79.9. The van der Waals surface area contributed by atoms with Gasteiger partial charge in [0, 0.05) is 11.0 Å². The fourth-order valence-electron chi connectivity index (χ4n) is 0.970. The summed E-state index contributed by atoms with van der Waals surface area (Å²) in [5.74, 6) is -0.247. The normalized spacial score (nSPS) is 9.14. The molecule has 4 heteroatoms. The molecule has 0 spiro atoms. The number of hydrogen-bond donors (Lipinski definition) is 1. The number of nitrogens with one attached hydrogen (secondary N) is 1. The Balaban J connectivity index is 2.51. The SMILES string of the molecule is N#CCC(=O)NCc1ccccc1Br. The van der Waals surface area contributed by atoms with Gasteiger partial charge in [-0.25, -0.2) is 0 Å². The van der Waals surface area contributed by atoms with Gasteiger partial charge >= 0.3 is 0 Å². The Hall–Kier alpha value is -1.34. The van der Waals surface area contributed by atoms with E-state index in [2.05, 4.69) is 21.2 Å². The van der Waals surface area contributed by atoms with Gasteiger partial charge < -0.3 is 5.32 Å². The van der Waals surface area contributed by atoms with E-state index in [1.165, 1.54) is 0 Å². The van der Waals surface area contributed by atoms with Crippen LogP contribution in [-0.2, 0) is 11.3 Å². The minimum absolute atomic E-state index is 0.0928. The van der Waals surface area contributed by atoms with E-state index in [0.29, 0.717) is 6.54 Å². The summed E-state index contributed by atoms with van der Waals surface area (Å²) in [5.41, 5.74) is 0.999. The van der Waals surface area contributed by atoms with Crippen molar-refractivity contribution in [2.24, 2.45) is 0 Å². The number of halogens is 1. The molecule has 1 rings (SSSR count). The lowest BCUT2D eigenvalue weighted by molar-refractivity contribution is -0.120. The first kappa shape index (κ1) is 10.7. The van der Waals surface area contributed by atoms with Crippen LogP contribution < -0.4 is 5.32 Å². The van der Waals surface area contributed by atoms with Gasteiger partial charge in [-0.05, 0) is 11.6 Å². The Morgan fingerprint density at radius 3 is 2.86 bits per heavy atom. The molecule has 0 unspecified atom stereocenters. The molecule has 1 amide bonds. The Morgan fingerprint density at radius 1 is 1.50 bits per heavy atom. The second-order valence-electron chi connectivity index (χ2n) is 2.70. The van der Waals surface area contributed by atoms with Crippen molar-refractivity contribution in [3.05, 3.63) is 34.3 Å². The van der Waals surface area contributed by atoms with Crippen molar-refractivity contribution in [3.63, 3.8) is 0 Å². The molecule has 0 aromatic heterocycles. The standard InChI is InChI=1S/C10H9BrN2O/c11-9-4-2-1-3-8(9)7-13-10(14)5-6-12/h1-4H,5,7H2,(H,13,14). The van der Waals surface area contributed by atoms with Crippen LogP contribution in [-0.4, -0.2) is 5.91 Å². The van der Waals surface area contributed by atoms with Crippen molar-refractivity contribution >= 4 is 21.8 Å². The average Bonchev–Trinajstić information content (AvgIpc) is 2.17. The van der Waals surface area contributed by atoms with Crippen LogP contribution in [0.15, 0.2) is 28.7 Å². The lowest BCUT2D eigenvalue weighted by Gasteiger charge is -2.04. The van der Waals surface area contributed by atoms with Crippen molar-refractivity contribution in [2.45, 2.75) is 13.0 Å². The molecular weight excluding hydrogens is 244 g/mol. The van der Waals surface area contributed by atoms with Crippen LogP contribution in [0, 0.1) is 11.3 Å². The maximum absolute atomic E-state index is 11.0. The number of rotatable bonds is 3. The molecule has 0 fully saturated rings. The lowest BCUT2D eigenvalue weighted by Crippen LogP contribution is -2.21. The smallest absolute Gasteiger partial charge is 0.234 e. The first-order chi connectivity index (χ1) is 6.74. The zero-order valence-electron chi connectivity index (χ0n) is 7.46. The molecule has 0 bridgehead atoms. The number of amides is 1. The summed E-state index contributed by atoms with van der Waals surface area (Å²) in [4.78, 5) is 11.0. The summed E-state index contributed by atoms with van der Waals surface area (Å²) in [6.45, 7) is 0.446. The fraction of sp³-hybridized carbons (Fsp3) is 0.200. The average molecular weight is 253 g/mol. The van der Waals surface area contributed by atoms with E-state index in [4.69, 9.17) is 5.26 Å². The number of benzene rings is 1. The first-order valence-corrected chi connectivity index (χ1v) is 4.90. The quantitative estimate of drug-likeness (QED) is 0.895. The lowest BCUT2D eigenvalue weighted by atomic mass is 10.2. The maximum Gasteiger partial charge on any atom is 0.234 e. The molecule has 3 nitrogen and oxygen atoms in total. The number of carbonyl (C=O) groups is 1. The van der Waals surface area contributed by atoms with E-state index < -0.39 is 0 Å². The maximum atomic E-state index is 11.0. The van der Waals surface area contributed by atoms with Gasteiger partial charge in [0.1, 0.15) is 6.42 Å². The monoisotopic (exact) mass is 252 g/mol. The van der Waals surface area contributed by atoms with E-state index in [1.807, 2.05) is 24.3 Å². The third-order valence-electron chi connectivity index (χ3n) is 1.67. The van der Waals surface area contributed by atoms with Crippen molar-refractivity contribution in [3.8, 4) is 6.07 Å². The molecule has 0 heterocycles. The number of carbonyl (C=O) groups excluding carboxylic acids is 1. The van der Waals surface area contributed by atoms with Gasteiger partial charge in [0.15, 0.2) is 0 Å². The summed E-state index contributed by atoms with van der Waals surface area (Å²) in [5, 5.41) is 10.9. The van der Waals surface area contributed by atoms with Gasteiger partial charge in [0.05, 0.1) is 6.07 Å². The van der Waals surface area contributed by atoms with Crippen LogP contribution in [0.25, 0.3) is 0 Å². The van der Waals surface area contributed by atoms with Gasteiger partial charge in [-0.1, -0.05) is 34.1 Å². The molecule has 0 aliphatic rings. The van der Waals surface area contributed by atoms with Gasteiger partial charge in [-0.2, -0.15) is 5.26 Å². The van der Waals surface area contributed by atoms with Crippen LogP contribution in [0.1, 0.15) is 12.0 Å². The zero-order valence-corrected chi connectivity index (χ0v) is 9.04. The van der Waals surface area contributed by atoms with Crippen LogP contribution in [0.4, 0.5) is 0 Å². The molecule has 1 aromatic carbocycles. The largest absolute Gasteiger partial charge is 0.351 e. The third-order valence-corrected chi connectivity index (χ3v) is 2.45. The number of nitrogens with zero attached hydrogens (tertiary/aromatic N) is 1. The van der Waals surface area contributed by atoms with Gasteiger partial charge in [0.2, 0.25) is 5.91 Å². The highest BCUT2D eigenvalue weighted by molar-refractivity contribution is 9.10. The minimum atomic E-state index is -0.247. The van der Waals surface area contributed by atoms with Crippen molar-refractivity contribution in [2.75, 3.05) is 0 Å². The Morgan fingerprint density at radius 2 is 2.21 bits per heavy atom. The van der Waals surface area contributed by atoms with Gasteiger partial charge in [0.25, 0.3) is 0 Å². The van der Waals surface area contributed by atoms with Crippen molar-refractivity contribution in [1.29, 1.82) is 5.26 Å². The van der Waals surface area contributed by atoms with Crippen LogP contribution >= 0.6 is 15.9 Å². The summed E-state index contributed by atoms with van der Waals surface area (Å²) in [6.07, 6.45) is -0.0928. The van der Waals surface area contributed by atoms with Crippen LogP contribution in [0.3, 0.4) is 0 Å². The molecule has 1 N–H and O–H groups in total. The second-order valence-corrected chi connectivity index (χ2v) is 3.56. The van der Waals surface area contributed by atoms with Crippen molar-refractivity contribution in [1.82, 2.24) is 5.32 Å². The zero-order chi connectivity index (χ0) is 10.4. The number of hydrogen-bond acceptors (Lipinski definition) is 2. The molecule has 0 saturated heterocycles. The predicted molar refractivity (Wildman–Crippen MR) is 56.2 cm³/mol. The topological polar surface area (TPSA) is 52.9 Å². The van der Waals surface area contributed by atoms with Gasteiger partial charge in [-0.15, -0.1) is 0 Å². The molecular formula is C10H9BrN2O. The molecule has 0 radical (unpaired) electrons. The molecule has 14 heavy (non-hydrogen) atoms. The molecule has 0 aliphatic heterocycles. The Labute approximate surface area is 90.9 Å². The van der Waals surface area contributed by atoms with E-state index in [-0.39, 0.29) is 12.3 Å². The summed E-state index contributed by atoms with van der Waals surface area (Å²) in [7, 11) is 0. The predicted octanol–water partition coefficient (Wildman–Crippen LogP) is 1.98. The van der Waals surface area contributed by atoms with E-state index in [0.717, 1.165) is 10.0 Å². The fourth-order valence-corrected chi connectivity index (χ4v) is 1.39. The van der Waals surface area contributed by atoms with Crippen LogP contribution in [0.2, 0.25) is 0 Å². The van der Waals surface area contributed by atoms with Gasteiger partial charge in [-0.3, -0.25) is 4.79 Å². The second kappa shape index (κ2) is 5.40. The highest BCUT2D eigenvalue weighted by Gasteiger charge is 2.01. The summed E-state index contributed by atoms with van der Waals surface area (Å²) < 4.78 is 0.956. The summed E-state index contributed by atoms with van der Waals surface area (Å²) >= 11 is 3.37.